The first-order chi connectivity index (χ1) is 13.9. The van der Waals surface area contributed by atoms with Crippen LogP contribution in [0.4, 0.5) is 5.13 Å². The molecule has 0 saturated heterocycles. The Bertz CT molecular complexity index is 1010. The molecule has 6 nitrogen and oxygen atoms in total. The molecule has 1 heterocycles. The zero-order chi connectivity index (χ0) is 21.0. The lowest BCUT2D eigenvalue weighted by Crippen LogP contribution is -2.39. The fourth-order valence-electron chi connectivity index (χ4n) is 2.78. The lowest BCUT2D eigenvalue weighted by Gasteiger charge is -2.22. The highest BCUT2D eigenvalue weighted by molar-refractivity contribution is 7.23. The van der Waals surface area contributed by atoms with E-state index in [2.05, 4.69) is 4.98 Å². The number of thiazole rings is 1. The van der Waals surface area contributed by atoms with Crippen LogP contribution in [-0.4, -0.2) is 56.7 Å². The molecule has 2 aromatic carbocycles. The second kappa shape index (κ2) is 9.43. The van der Waals surface area contributed by atoms with Gasteiger partial charge in [0, 0.05) is 13.1 Å². The van der Waals surface area contributed by atoms with Crippen LogP contribution in [0, 0.1) is 6.92 Å². The number of amides is 1. The maximum Gasteiger partial charge on any atom is 0.266 e. The van der Waals surface area contributed by atoms with Crippen LogP contribution >= 0.6 is 22.9 Å². The molecule has 154 valence electrons. The van der Waals surface area contributed by atoms with Gasteiger partial charge in [-0.3, -0.25) is 9.69 Å². The molecular weight excluding hydrogens is 410 g/mol. The van der Waals surface area contributed by atoms with Crippen LogP contribution in [0.1, 0.15) is 5.56 Å². The minimum atomic E-state index is -0.164. The smallest absolute Gasteiger partial charge is 0.266 e. The maximum absolute atomic E-state index is 13.0. The Balaban J connectivity index is 1.87. The molecule has 0 aliphatic rings. The molecule has 0 radical (unpaired) electrons. The summed E-state index contributed by atoms with van der Waals surface area (Å²) in [5.41, 5.74) is 1.73. The van der Waals surface area contributed by atoms with Crippen molar-refractivity contribution in [2.24, 2.45) is 0 Å². The van der Waals surface area contributed by atoms with E-state index in [0.717, 1.165) is 10.3 Å². The van der Waals surface area contributed by atoms with E-state index in [1.54, 1.807) is 24.1 Å². The van der Waals surface area contributed by atoms with Gasteiger partial charge in [-0.25, -0.2) is 4.98 Å². The van der Waals surface area contributed by atoms with Gasteiger partial charge in [0.2, 0.25) is 0 Å². The first-order valence-corrected chi connectivity index (χ1v) is 10.4. The van der Waals surface area contributed by atoms with Crippen molar-refractivity contribution in [3.63, 3.8) is 0 Å². The topological polar surface area (TPSA) is 54.9 Å². The number of halogens is 1. The maximum atomic E-state index is 13.0. The summed E-state index contributed by atoms with van der Waals surface area (Å²) >= 11 is 7.72. The number of nitrogens with zero attached hydrogens (tertiary/aromatic N) is 3. The molecule has 0 spiro atoms. The number of anilines is 1. The molecule has 0 N–H and O–H groups in total. The van der Waals surface area contributed by atoms with Crippen LogP contribution in [0.3, 0.4) is 0 Å². The van der Waals surface area contributed by atoms with E-state index in [0.29, 0.717) is 40.3 Å². The number of methoxy groups -OCH3 is 1. The Morgan fingerprint density at radius 2 is 2.00 bits per heavy atom. The summed E-state index contributed by atoms with van der Waals surface area (Å²) < 4.78 is 11.9. The summed E-state index contributed by atoms with van der Waals surface area (Å²) in [6.45, 7) is 3.09. The number of ether oxygens (including phenoxy) is 2. The third-order valence-electron chi connectivity index (χ3n) is 4.32. The Morgan fingerprint density at radius 3 is 2.69 bits per heavy atom. The number of fused-ring (bicyclic) bond motifs is 1. The molecule has 0 atom stereocenters. The van der Waals surface area contributed by atoms with Gasteiger partial charge < -0.3 is 14.4 Å². The van der Waals surface area contributed by atoms with Gasteiger partial charge in [-0.2, -0.15) is 0 Å². The van der Waals surface area contributed by atoms with Crippen LogP contribution in [0.25, 0.3) is 10.2 Å². The highest BCUT2D eigenvalue weighted by atomic mass is 35.5. The molecule has 0 aliphatic carbocycles. The second-order valence-corrected chi connectivity index (χ2v) is 8.26. The molecule has 0 unspecified atom stereocenters. The van der Waals surface area contributed by atoms with Crippen molar-refractivity contribution in [3.8, 4) is 11.5 Å². The molecule has 29 heavy (non-hydrogen) atoms. The molecule has 8 heteroatoms. The third kappa shape index (κ3) is 5.18. The minimum absolute atomic E-state index is 0.0718. The van der Waals surface area contributed by atoms with Crippen molar-refractivity contribution in [1.29, 1.82) is 0 Å². The summed E-state index contributed by atoms with van der Waals surface area (Å²) in [4.78, 5) is 21.3. The highest BCUT2D eigenvalue weighted by Gasteiger charge is 2.22. The van der Waals surface area contributed by atoms with Gasteiger partial charge in [0.1, 0.15) is 17.0 Å². The standard InChI is InChI=1S/C21H24ClN3O3S/c1-14-6-5-7-15(12-14)28-13-18(26)25(11-10-24(2)3)21-23-19-17(27-4)9-8-16(22)20(19)29-21/h5-9,12H,10-11,13H2,1-4H3. The summed E-state index contributed by atoms with van der Waals surface area (Å²) in [7, 11) is 5.51. The molecule has 0 aliphatic heterocycles. The number of benzene rings is 2. The summed E-state index contributed by atoms with van der Waals surface area (Å²) in [6.07, 6.45) is 0. The van der Waals surface area contributed by atoms with Crippen LogP contribution in [-0.2, 0) is 4.79 Å². The van der Waals surface area contributed by atoms with Gasteiger partial charge in [0.05, 0.1) is 16.8 Å². The SMILES string of the molecule is COc1ccc(Cl)c2sc(N(CCN(C)C)C(=O)COc3cccc(C)c3)nc12. The molecule has 0 saturated carbocycles. The Labute approximate surface area is 179 Å². The second-order valence-electron chi connectivity index (χ2n) is 6.88. The number of aromatic nitrogens is 1. The number of aryl methyl sites for hydroxylation is 1. The summed E-state index contributed by atoms with van der Waals surface area (Å²) in [5, 5.41) is 1.16. The van der Waals surface area contributed by atoms with Crippen molar-refractivity contribution in [2.75, 3.05) is 45.8 Å². The Hall–Kier alpha value is -2.35. The van der Waals surface area contributed by atoms with Crippen molar-refractivity contribution < 1.29 is 14.3 Å². The lowest BCUT2D eigenvalue weighted by atomic mass is 10.2. The van der Waals surface area contributed by atoms with E-state index in [9.17, 15) is 4.79 Å². The first-order valence-electron chi connectivity index (χ1n) is 9.16. The number of likely N-dealkylation sites (N-methyl/N-ethyl adjacent to an activating group) is 1. The normalized spacial score (nSPS) is 11.1. The van der Waals surface area contributed by atoms with E-state index in [1.807, 2.05) is 50.2 Å². The van der Waals surface area contributed by atoms with Crippen molar-refractivity contribution in [2.45, 2.75) is 6.92 Å². The van der Waals surface area contributed by atoms with E-state index < -0.39 is 0 Å². The number of carbonyl (C=O) groups excluding carboxylic acids is 1. The Kier molecular flexibility index (Phi) is 6.95. The predicted octanol–water partition coefficient (Wildman–Crippen LogP) is 4.24. The molecule has 3 aromatic rings. The first kappa shape index (κ1) is 21.4. The van der Waals surface area contributed by atoms with Crippen molar-refractivity contribution in [3.05, 3.63) is 47.0 Å². The van der Waals surface area contributed by atoms with Gasteiger partial charge in [-0.15, -0.1) is 0 Å². The number of rotatable bonds is 8. The van der Waals surface area contributed by atoms with Gasteiger partial charge in [0.25, 0.3) is 5.91 Å². The fourth-order valence-corrected chi connectivity index (χ4v) is 4.08. The quantitative estimate of drug-likeness (QED) is 0.531. The predicted molar refractivity (Wildman–Crippen MR) is 119 cm³/mol. The number of carbonyl (C=O) groups is 1. The van der Waals surface area contributed by atoms with Gasteiger partial charge >= 0.3 is 0 Å². The Morgan fingerprint density at radius 1 is 1.21 bits per heavy atom. The fraction of sp³-hybridized carbons (Fsp3) is 0.333. The minimum Gasteiger partial charge on any atom is -0.494 e. The van der Waals surface area contributed by atoms with Gasteiger partial charge in [0.15, 0.2) is 11.7 Å². The summed E-state index contributed by atoms with van der Waals surface area (Å²) in [5.74, 6) is 1.13. The van der Waals surface area contributed by atoms with Crippen LogP contribution < -0.4 is 14.4 Å². The van der Waals surface area contributed by atoms with Crippen LogP contribution in [0.5, 0.6) is 11.5 Å². The molecule has 1 aromatic heterocycles. The van der Waals surface area contributed by atoms with E-state index in [-0.39, 0.29) is 12.5 Å². The van der Waals surface area contributed by atoms with Crippen LogP contribution in [0.2, 0.25) is 5.02 Å². The summed E-state index contributed by atoms with van der Waals surface area (Å²) in [6, 6.07) is 11.2. The van der Waals surface area contributed by atoms with Crippen molar-refractivity contribution >= 4 is 44.2 Å². The number of hydrogen-bond acceptors (Lipinski definition) is 6. The molecule has 0 bridgehead atoms. The van der Waals surface area contributed by atoms with Gasteiger partial charge in [-0.1, -0.05) is 35.1 Å². The molecular formula is C21H24ClN3O3S. The zero-order valence-electron chi connectivity index (χ0n) is 16.9. The van der Waals surface area contributed by atoms with Gasteiger partial charge in [-0.05, 0) is 50.8 Å². The monoisotopic (exact) mass is 433 g/mol. The van der Waals surface area contributed by atoms with E-state index in [4.69, 9.17) is 21.1 Å². The molecule has 1 amide bonds. The number of hydrogen-bond donors (Lipinski definition) is 0. The average molecular weight is 434 g/mol. The lowest BCUT2D eigenvalue weighted by molar-refractivity contribution is -0.120. The highest BCUT2D eigenvalue weighted by Crippen LogP contribution is 2.38. The van der Waals surface area contributed by atoms with E-state index >= 15 is 0 Å². The molecule has 3 rings (SSSR count). The van der Waals surface area contributed by atoms with E-state index in [1.165, 1.54) is 11.3 Å². The zero-order valence-corrected chi connectivity index (χ0v) is 18.5. The third-order valence-corrected chi connectivity index (χ3v) is 5.86. The van der Waals surface area contributed by atoms with Crippen LogP contribution in [0.15, 0.2) is 36.4 Å². The average Bonchev–Trinajstić information content (AvgIpc) is 3.12. The van der Waals surface area contributed by atoms with Crippen molar-refractivity contribution in [1.82, 2.24) is 9.88 Å². The largest absolute Gasteiger partial charge is 0.494 e. The molecule has 0 fully saturated rings.